The summed E-state index contributed by atoms with van der Waals surface area (Å²) < 4.78 is 34.1. The van der Waals surface area contributed by atoms with Gasteiger partial charge in [0.15, 0.2) is 18.9 Å². The van der Waals surface area contributed by atoms with Crippen LogP contribution in [0.25, 0.3) is 0 Å². The largest absolute Gasteiger partial charge is 0.394 e. The molecule has 3 aliphatic heterocycles. The number of carbonyl (C=O) groups is 1. The normalized spacial score (nSPS) is 29.9. The van der Waals surface area contributed by atoms with Gasteiger partial charge in [-0.25, -0.2) is 0 Å². The summed E-state index contributed by atoms with van der Waals surface area (Å²) in [6.07, 6.45) is 37.6. The molecule has 17 atom stereocenters. The molecule has 3 rings (SSSR count). The lowest BCUT2D eigenvalue weighted by Gasteiger charge is -2.48. The van der Waals surface area contributed by atoms with E-state index < -0.39 is 124 Å². The van der Waals surface area contributed by atoms with Crippen LogP contribution in [0.4, 0.5) is 0 Å². The maximum absolute atomic E-state index is 13.3. The van der Waals surface area contributed by atoms with Crippen molar-refractivity contribution in [1.82, 2.24) is 5.32 Å². The van der Waals surface area contributed by atoms with Gasteiger partial charge in [-0.15, -0.1) is 0 Å². The lowest BCUT2D eigenvalue weighted by Crippen LogP contribution is -2.66. The molecule has 3 aliphatic rings. The van der Waals surface area contributed by atoms with Crippen molar-refractivity contribution >= 4 is 5.91 Å². The highest BCUT2D eigenvalue weighted by Crippen LogP contribution is 2.33. The van der Waals surface area contributed by atoms with E-state index in [0.717, 1.165) is 109 Å². The molecule has 3 fully saturated rings. The third-order valence-corrected chi connectivity index (χ3v) is 14.5. The molecule has 1 amide bonds. The van der Waals surface area contributed by atoms with Gasteiger partial charge in [0.2, 0.25) is 5.91 Å². The topological polar surface area (TPSA) is 307 Å². The van der Waals surface area contributed by atoms with Gasteiger partial charge < -0.3 is 89.9 Å². The van der Waals surface area contributed by atoms with E-state index in [1.165, 1.54) is 0 Å². The number of ether oxygens (including phenoxy) is 6. The van der Waals surface area contributed by atoms with Crippen molar-refractivity contribution in [2.75, 3.05) is 26.4 Å². The zero-order valence-corrected chi connectivity index (χ0v) is 50.3. The average molecular weight is 1200 g/mol. The first-order valence-electron chi connectivity index (χ1n) is 30.9. The van der Waals surface area contributed by atoms with Crippen molar-refractivity contribution < 1.29 is 89.4 Å². The van der Waals surface area contributed by atoms with Crippen molar-refractivity contribution in [2.24, 2.45) is 0 Å². The quantitative estimate of drug-likeness (QED) is 0.0237. The lowest BCUT2D eigenvalue weighted by molar-refractivity contribution is -0.379. The molecule has 0 radical (unpaired) electrons. The minimum atomic E-state index is -1.99. The summed E-state index contributed by atoms with van der Waals surface area (Å²) in [6, 6.07) is -1.01. The zero-order chi connectivity index (χ0) is 61.9. The number of aliphatic hydroxyl groups excluding tert-OH is 11. The van der Waals surface area contributed by atoms with E-state index >= 15 is 0 Å². The lowest BCUT2D eigenvalue weighted by atomic mass is 9.96. The van der Waals surface area contributed by atoms with Gasteiger partial charge in [0.1, 0.15) is 73.2 Å². The Kier molecular flexibility index (Phi) is 41.6. The van der Waals surface area contributed by atoms with Crippen LogP contribution in [0, 0.1) is 0 Å². The number of amides is 1. The highest BCUT2D eigenvalue weighted by molar-refractivity contribution is 5.76. The van der Waals surface area contributed by atoms with Crippen LogP contribution in [0.2, 0.25) is 0 Å². The molecule has 3 saturated heterocycles. The maximum atomic E-state index is 13.3. The molecular weight excluding hydrogens is 1090 g/mol. The molecule has 0 aromatic rings. The van der Waals surface area contributed by atoms with Crippen LogP contribution in [-0.2, 0) is 33.2 Å². The van der Waals surface area contributed by atoms with Gasteiger partial charge >= 0.3 is 0 Å². The van der Waals surface area contributed by atoms with Crippen molar-refractivity contribution in [1.29, 1.82) is 0 Å². The summed E-state index contributed by atoms with van der Waals surface area (Å²) in [4.78, 5) is 13.3. The summed E-state index contributed by atoms with van der Waals surface area (Å²) in [6.45, 7) is 1.28. The molecule has 0 bridgehead atoms. The van der Waals surface area contributed by atoms with Crippen LogP contribution in [-0.4, -0.2) is 193 Å². The van der Waals surface area contributed by atoms with Gasteiger partial charge in [-0.1, -0.05) is 166 Å². The summed E-state index contributed by atoms with van der Waals surface area (Å²) in [5.41, 5.74) is 0. The Labute approximate surface area is 505 Å². The first kappa shape index (κ1) is 75.2. The molecule has 85 heavy (non-hydrogen) atoms. The maximum Gasteiger partial charge on any atom is 0.220 e. The minimum Gasteiger partial charge on any atom is -0.394 e. The van der Waals surface area contributed by atoms with E-state index in [9.17, 15) is 61.0 Å². The molecule has 482 valence electrons. The molecule has 3 heterocycles. The number of carbonyl (C=O) groups excluding carboxylic acids is 1. The second kappa shape index (κ2) is 47.0. The number of allylic oxidation sites excluding steroid dienone is 21. The molecule has 0 aromatic carbocycles. The van der Waals surface area contributed by atoms with E-state index in [4.69, 9.17) is 28.4 Å². The summed E-state index contributed by atoms with van der Waals surface area (Å²) in [5.74, 6) is -0.316. The van der Waals surface area contributed by atoms with Crippen LogP contribution in [0.5, 0.6) is 0 Å². The van der Waals surface area contributed by atoms with Gasteiger partial charge in [0, 0.05) is 6.42 Å². The predicted octanol–water partition coefficient (Wildman–Crippen LogP) is 6.26. The molecule has 12 N–H and O–H groups in total. The van der Waals surface area contributed by atoms with E-state index in [-0.39, 0.29) is 18.9 Å². The number of rotatable bonds is 43. The Balaban J connectivity index is 1.40. The monoisotopic (exact) mass is 1200 g/mol. The SMILES string of the molecule is C/C=C/CC/C=C/CC/C=C/C(O)C(COC1OC(CO)C(OC2OC(CO)C(OC3OC(CO)C(O)C(O)C3O)C(O)C2O)C(O)C1O)NC(=O)CCCCCCCC/C=C\C/C=C\C/C=C\C/C=C\C/C=C\C/C=C\C/C=C\C/C=C\CC. The van der Waals surface area contributed by atoms with Crippen molar-refractivity contribution in [3.63, 3.8) is 0 Å². The molecule has 19 heteroatoms. The number of hydrogen-bond donors (Lipinski definition) is 12. The van der Waals surface area contributed by atoms with E-state index in [0.29, 0.717) is 12.8 Å². The first-order chi connectivity index (χ1) is 41.3. The fourth-order valence-corrected chi connectivity index (χ4v) is 9.48. The van der Waals surface area contributed by atoms with E-state index in [1.807, 2.05) is 13.0 Å². The van der Waals surface area contributed by atoms with E-state index in [2.05, 4.69) is 128 Å². The molecule has 17 unspecified atom stereocenters. The predicted molar refractivity (Wildman–Crippen MR) is 327 cm³/mol. The smallest absolute Gasteiger partial charge is 0.220 e. The Morgan fingerprint density at radius 2 is 0.835 bits per heavy atom. The van der Waals surface area contributed by atoms with Gasteiger partial charge in [0.05, 0.1) is 38.6 Å². The highest BCUT2D eigenvalue weighted by atomic mass is 16.8. The highest BCUT2D eigenvalue weighted by Gasteiger charge is 2.53. The standard InChI is InChI=1S/C66H105NO18/c1-3-5-7-9-11-13-14-15-16-17-18-19-20-21-22-23-24-25-26-27-28-29-30-31-32-33-34-36-38-40-42-44-54(72)67-49(50(71)43-41-39-37-35-12-10-8-6-4-2)48-80-64-60(78)57(75)62(52(46-69)82-64)85-66-61(79)58(76)63(53(47-70)83-66)84-65-59(77)56(74)55(73)51(45-68)81-65/h4-7,11-13,15-16,18-19,21-22,24-25,27-28,30-31,35,41,43,49-53,55-66,68-71,73-79H,3,8-10,14,17,20,23,26,29,32-34,36-40,42,44-48H2,1-2H3,(H,67,72)/b6-4+,7-5-,13-11-,16-15-,19-18-,22-21-,25-24-,28-27-,31-30-,35-12+,43-41+. The Bertz CT molecular complexity index is 2060. The second-order valence-electron chi connectivity index (χ2n) is 21.4. The molecule has 19 nitrogen and oxygen atoms in total. The molecule has 0 aliphatic carbocycles. The summed E-state index contributed by atoms with van der Waals surface area (Å²) >= 11 is 0. The van der Waals surface area contributed by atoms with Gasteiger partial charge in [-0.05, 0) is 103 Å². The molecule has 0 spiro atoms. The Morgan fingerprint density at radius 1 is 0.447 bits per heavy atom. The zero-order valence-electron chi connectivity index (χ0n) is 50.3. The average Bonchev–Trinajstić information content (AvgIpc) is 3.55. The van der Waals surface area contributed by atoms with Crippen molar-refractivity contribution in [3.05, 3.63) is 134 Å². The van der Waals surface area contributed by atoms with Crippen molar-refractivity contribution in [3.8, 4) is 0 Å². The van der Waals surface area contributed by atoms with Crippen LogP contribution >= 0.6 is 0 Å². The third kappa shape index (κ3) is 30.1. The fourth-order valence-electron chi connectivity index (χ4n) is 9.48. The number of unbranched alkanes of at least 4 members (excludes halogenated alkanes) is 8. The van der Waals surface area contributed by atoms with Gasteiger partial charge in [-0.3, -0.25) is 4.79 Å². The minimum absolute atomic E-state index is 0.204. The number of hydrogen-bond acceptors (Lipinski definition) is 18. The summed E-state index contributed by atoms with van der Waals surface area (Å²) in [5, 5.41) is 120. The van der Waals surface area contributed by atoms with Gasteiger partial charge in [-0.2, -0.15) is 0 Å². The molecule has 0 saturated carbocycles. The van der Waals surface area contributed by atoms with Gasteiger partial charge in [0.25, 0.3) is 0 Å². The molecule has 0 aromatic heterocycles. The van der Waals surface area contributed by atoms with Crippen LogP contribution < -0.4 is 5.32 Å². The first-order valence-corrected chi connectivity index (χ1v) is 30.9. The summed E-state index contributed by atoms with van der Waals surface area (Å²) in [7, 11) is 0. The molecular formula is C66H105NO18. The Morgan fingerprint density at radius 3 is 1.32 bits per heavy atom. The number of aliphatic hydroxyl groups is 11. The van der Waals surface area contributed by atoms with Crippen molar-refractivity contribution in [2.45, 2.75) is 247 Å². The van der Waals surface area contributed by atoms with Crippen LogP contribution in [0.3, 0.4) is 0 Å². The van der Waals surface area contributed by atoms with Crippen LogP contribution in [0.1, 0.15) is 142 Å². The van der Waals surface area contributed by atoms with Crippen LogP contribution in [0.15, 0.2) is 134 Å². The number of nitrogens with one attached hydrogen (secondary N) is 1. The van der Waals surface area contributed by atoms with E-state index in [1.54, 1.807) is 12.2 Å². The fraction of sp³-hybridized carbons (Fsp3) is 0.652. The second-order valence-corrected chi connectivity index (χ2v) is 21.4. The Hall–Kier alpha value is -4.07. The third-order valence-electron chi connectivity index (χ3n) is 14.5.